The van der Waals surface area contributed by atoms with E-state index in [1.165, 1.54) is 13.8 Å². The lowest BCUT2D eigenvalue weighted by Crippen LogP contribution is -2.29. The fourth-order valence-electron chi connectivity index (χ4n) is 1.75. The number of nitriles is 1. The van der Waals surface area contributed by atoms with Gasteiger partial charge in [-0.05, 0) is 20.8 Å². The van der Waals surface area contributed by atoms with Gasteiger partial charge in [0.25, 0.3) is 0 Å². The van der Waals surface area contributed by atoms with Gasteiger partial charge in [0.1, 0.15) is 22.9 Å². The van der Waals surface area contributed by atoms with Crippen LogP contribution >= 0.6 is 11.3 Å². The second-order valence-corrected chi connectivity index (χ2v) is 6.56. The summed E-state index contributed by atoms with van der Waals surface area (Å²) in [7, 11) is 0. The molecule has 0 saturated heterocycles. The number of aromatic nitrogens is 1. The van der Waals surface area contributed by atoms with Gasteiger partial charge in [-0.25, -0.2) is 18.2 Å². The third kappa shape index (κ3) is 3.35. The number of nitrogens with zero attached hydrogens (tertiary/aromatic N) is 2. The first-order valence-electron chi connectivity index (χ1n) is 6.50. The predicted molar refractivity (Wildman–Crippen MR) is 80.2 cm³/mol. The van der Waals surface area contributed by atoms with Gasteiger partial charge in [0.2, 0.25) is 5.91 Å². The minimum absolute atomic E-state index is 0.0185. The molecule has 0 saturated carbocycles. The van der Waals surface area contributed by atoms with Gasteiger partial charge in [-0.15, -0.1) is 11.3 Å². The second-order valence-electron chi connectivity index (χ2n) is 5.36. The van der Waals surface area contributed by atoms with E-state index in [1.807, 2.05) is 6.07 Å². The van der Waals surface area contributed by atoms with E-state index in [4.69, 9.17) is 5.26 Å². The minimum Gasteiger partial charge on any atom is -0.301 e. The number of thiazole rings is 1. The highest BCUT2D eigenvalue weighted by Crippen LogP contribution is 2.34. The number of nitrogens with one attached hydrogen (secondary N) is 1. The van der Waals surface area contributed by atoms with Gasteiger partial charge in [-0.1, -0.05) is 0 Å². The fourth-order valence-corrected chi connectivity index (χ4v) is 2.57. The molecular formula is C15H12F3N3OS. The quantitative estimate of drug-likeness (QED) is 0.918. The molecule has 0 unspecified atom stereocenters. The Morgan fingerprint density at radius 3 is 2.39 bits per heavy atom. The van der Waals surface area contributed by atoms with Crippen molar-refractivity contribution in [3.8, 4) is 17.3 Å². The normalized spacial score (nSPS) is 11.2. The standard InChI is InChI=1S/C15H12F3N3OS/c1-7-12(11-9(17)4-8(16)5-10(11)18)20-14(23-7)21-13(22)15(2,3)6-19/h4-5H,1-3H3,(H,20,21,22). The molecule has 4 nitrogen and oxygen atoms in total. The predicted octanol–water partition coefficient (Wildman–Crippen LogP) is 4.02. The number of benzene rings is 1. The highest BCUT2D eigenvalue weighted by atomic mass is 32.1. The lowest BCUT2D eigenvalue weighted by molar-refractivity contribution is -0.121. The zero-order valence-electron chi connectivity index (χ0n) is 12.5. The maximum absolute atomic E-state index is 13.8. The number of hydrogen-bond acceptors (Lipinski definition) is 4. The number of aryl methyl sites for hydroxylation is 1. The Hall–Kier alpha value is -2.40. The summed E-state index contributed by atoms with van der Waals surface area (Å²) in [4.78, 5) is 16.4. The lowest BCUT2D eigenvalue weighted by atomic mass is 9.95. The third-order valence-electron chi connectivity index (χ3n) is 3.11. The van der Waals surface area contributed by atoms with Crippen LogP contribution < -0.4 is 5.32 Å². The van der Waals surface area contributed by atoms with Crippen LogP contribution in [-0.4, -0.2) is 10.9 Å². The van der Waals surface area contributed by atoms with Crippen molar-refractivity contribution in [1.29, 1.82) is 5.26 Å². The zero-order valence-corrected chi connectivity index (χ0v) is 13.3. The number of anilines is 1. The molecule has 0 bridgehead atoms. The van der Waals surface area contributed by atoms with Crippen LogP contribution in [0.5, 0.6) is 0 Å². The van der Waals surface area contributed by atoms with Gasteiger partial charge < -0.3 is 5.32 Å². The Morgan fingerprint density at radius 2 is 1.87 bits per heavy atom. The summed E-state index contributed by atoms with van der Waals surface area (Å²) in [5.41, 5.74) is -1.75. The van der Waals surface area contributed by atoms with Gasteiger partial charge >= 0.3 is 0 Å². The summed E-state index contributed by atoms with van der Waals surface area (Å²) in [6.07, 6.45) is 0. The second kappa shape index (κ2) is 6.01. The summed E-state index contributed by atoms with van der Waals surface area (Å²) in [5, 5.41) is 11.5. The van der Waals surface area contributed by atoms with E-state index in [2.05, 4.69) is 10.3 Å². The maximum Gasteiger partial charge on any atom is 0.246 e. The zero-order chi connectivity index (χ0) is 17.4. The van der Waals surface area contributed by atoms with Crippen LogP contribution in [0.15, 0.2) is 12.1 Å². The van der Waals surface area contributed by atoms with Gasteiger partial charge in [-0.3, -0.25) is 4.79 Å². The largest absolute Gasteiger partial charge is 0.301 e. The van der Waals surface area contributed by atoms with E-state index in [0.717, 1.165) is 11.3 Å². The Bertz CT molecular complexity index is 801. The van der Waals surface area contributed by atoms with E-state index in [1.54, 1.807) is 6.92 Å². The first kappa shape index (κ1) is 17.0. The van der Waals surface area contributed by atoms with Crippen molar-refractivity contribution in [3.63, 3.8) is 0 Å². The average molecular weight is 339 g/mol. The van der Waals surface area contributed by atoms with Crippen LogP contribution in [0.2, 0.25) is 0 Å². The molecule has 23 heavy (non-hydrogen) atoms. The van der Waals surface area contributed by atoms with E-state index >= 15 is 0 Å². The average Bonchev–Trinajstić information content (AvgIpc) is 2.78. The molecule has 0 aliphatic rings. The Kier molecular flexibility index (Phi) is 4.43. The summed E-state index contributed by atoms with van der Waals surface area (Å²) in [5.74, 6) is -3.77. The first-order valence-corrected chi connectivity index (χ1v) is 7.32. The molecule has 0 fully saturated rings. The molecule has 0 atom stereocenters. The highest BCUT2D eigenvalue weighted by Gasteiger charge is 2.28. The van der Waals surface area contributed by atoms with Gasteiger partial charge in [0, 0.05) is 17.0 Å². The maximum atomic E-state index is 13.8. The van der Waals surface area contributed by atoms with E-state index in [-0.39, 0.29) is 10.8 Å². The smallest absolute Gasteiger partial charge is 0.246 e. The molecule has 1 heterocycles. The van der Waals surface area contributed by atoms with Crippen molar-refractivity contribution in [2.45, 2.75) is 20.8 Å². The lowest BCUT2D eigenvalue weighted by Gasteiger charge is -2.12. The van der Waals surface area contributed by atoms with Crippen molar-refractivity contribution in [2.24, 2.45) is 5.41 Å². The molecule has 2 rings (SSSR count). The highest BCUT2D eigenvalue weighted by molar-refractivity contribution is 7.16. The van der Waals surface area contributed by atoms with Gasteiger partial charge in [0.05, 0.1) is 17.3 Å². The summed E-state index contributed by atoms with van der Waals surface area (Å²) in [6.45, 7) is 4.44. The number of carbonyl (C=O) groups excluding carboxylic acids is 1. The topological polar surface area (TPSA) is 65.8 Å². The molecule has 2 aromatic rings. The number of hydrogen-bond donors (Lipinski definition) is 1. The summed E-state index contributed by atoms with van der Waals surface area (Å²) < 4.78 is 40.7. The van der Waals surface area contributed by atoms with Gasteiger partial charge in [0.15, 0.2) is 5.13 Å². The van der Waals surface area contributed by atoms with Crippen LogP contribution in [0.25, 0.3) is 11.3 Å². The third-order valence-corrected chi connectivity index (χ3v) is 3.99. The summed E-state index contributed by atoms with van der Waals surface area (Å²) in [6, 6.07) is 2.97. The molecule has 0 aliphatic heterocycles. The van der Waals surface area contributed by atoms with Crippen LogP contribution in [0, 0.1) is 41.1 Å². The SMILES string of the molecule is Cc1sc(NC(=O)C(C)(C)C#N)nc1-c1c(F)cc(F)cc1F. The Labute approximate surface area is 134 Å². The monoisotopic (exact) mass is 339 g/mol. The molecule has 0 aliphatic carbocycles. The van der Waals surface area contributed by atoms with Crippen molar-refractivity contribution in [2.75, 3.05) is 5.32 Å². The van der Waals surface area contributed by atoms with Crippen molar-refractivity contribution in [1.82, 2.24) is 4.98 Å². The molecular weight excluding hydrogens is 327 g/mol. The Morgan fingerprint density at radius 1 is 1.30 bits per heavy atom. The molecule has 1 aromatic carbocycles. The number of rotatable bonds is 3. The van der Waals surface area contributed by atoms with E-state index in [0.29, 0.717) is 17.0 Å². The molecule has 8 heteroatoms. The molecule has 0 spiro atoms. The minimum atomic E-state index is -1.27. The molecule has 1 aromatic heterocycles. The van der Waals surface area contributed by atoms with Crippen LogP contribution in [0.4, 0.5) is 18.3 Å². The molecule has 120 valence electrons. The Balaban J connectivity index is 2.41. The van der Waals surface area contributed by atoms with Crippen molar-refractivity contribution >= 4 is 22.4 Å². The van der Waals surface area contributed by atoms with Gasteiger partial charge in [-0.2, -0.15) is 5.26 Å². The number of amides is 1. The van der Waals surface area contributed by atoms with Crippen LogP contribution in [0.1, 0.15) is 18.7 Å². The van der Waals surface area contributed by atoms with E-state index < -0.39 is 34.3 Å². The van der Waals surface area contributed by atoms with Crippen molar-refractivity contribution in [3.05, 3.63) is 34.5 Å². The van der Waals surface area contributed by atoms with Crippen LogP contribution in [0.3, 0.4) is 0 Å². The van der Waals surface area contributed by atoms with Crippen LogP contribution in [-0.2, 0) is 4.79 Å². The van der Waals surface area contributed by atoms with E-state index in [9.17, 15) is 18.0 Å². The van der Waals surface area contributed by atoms with Crippen molar-refractivity contribution < 1.29 is 18.0 Å². The first-order chi connectivity index (χ1) is 10.7. The molecule has 1 N–H and O–H groups in total. The number of halogens is 3. The number of carbonyl (C=O) groups is 1. The molecule has 0 radical (unpaired) electrons. The summed E-state index contributed by atoms with van der Waals surface area (Å²) >= 11 is 1.01. The molecule has 1 amide bonds. The fraction of sp³-hybridized carbons (Fsp3) is 0.267.